The normalized spacial score (nSPS) is 14.4. The summed E-state index contributed by atoms with van der Waals surface area (Å²) < 4.78 is 180. The number of hydrogen-bond donors (Lipinski definition) is 1. The Labute approximate surface area is 233 Å². The second kappa shape index (κ2) is 14.8. The predicted molar refractivity (Wildman–Crippen MR) is 124 cm³/mol. The van der Waals surface area contributed by atoms with Gasteiger partial charge in [0.05, 0.1) is 25.4 Å². The molecule has 0 rings (SSSR count). The summed E-state index contributed by atoms with van der Waals surface area (Å²) in [7, 11) is 0. The molecule has 0 aliphatic rings. The van der Waals surface area contributed by atoms with Gasteiger partial charge in [0.15, 0.2) is 0 Å². The van der Waals surface area contributed by atoms with E-state index in [9.17, 15) is 62.3 Å². The molecule has 0 heterocycles. The molecule has 0 bridgehead atoms. The first-order chi connectivity index (χ1) is 18.9. The van der Waals surface area contributed by atoms with Crippen LogP contribution in [-0.4, -0.2) is 72.4 Å². The van der Waals surface area contributed by atoms with Crippen molar-refractivity contribution in [2.45, 2.75) is 94.3 Å². The summed E-state index contributed by atoms with van der Waals surface area (Å²) in [6.07, 6.45) is -4.73. The number of aliphatic hydroxyl groups excluding tert-OH is 1. The van der Waals surface area contributed by atoms with Gasteiger partial charge >= 0.3 is 47.5 Å². The zero-order chi connectivity index (χ0) is 33.4. The monoisotopic (exact) mass is 640 g/mol. The fourth-order valence-electron chi connectivity index (χ4n) is 3.29. The highest BCUT2D eigenvalue weighted by atomic mass is 19.4. The van der Waals surface area contributed by atoms with Crippen LogP contribution in [0.25, 0.3) is 0 Å². The van der Waals surface area contributed by atoms with E-state index in [-0.39, 0.29) is 18.4 Å². The molecule has 1 N–H and O–H groups in total. The molecule has 1 atom stereocenters. The molecule has 0 fully saturated rings. The number of esters is 2. The molecule has 1 unspecified atom stereocenters. The van der Waals surface area contributed by atoms with Gasteiger partial charge in [0.2, 0.25) is 0 Å². The lowest BCUT2D eigenvalue weighted by molar-refractivity contribution is -0.426. The standard InChI is InChI=1S/C25H32F12O5/c1-5-6-7-8-9-10-20(26,27)22(30,31)24(34,35)25(36,37)23(32,33)21(28,29)11-17(13-41-18(39)15(2)3)14-42-19(40)16(4)12-38/h17,38H,2,4-14H2,1,3H3. The first-order valence-electron chi connectivity index (χ1n) is 12.4. The Hall–Kier alpha value is -2.46. The van der Waals surface area contributed by atoms with Gasteiger partial charge in [0, 0.05) is 24.3 Å². The summed E-state index contributed by atoms with van der Waals surface area (Å²) >= 11 is 0. The highest BCUT2D eigenvalue weighted by Crippen LogP contribution is 2.61. The van der Waals surface area contributed by atoms with E-state index in [4.69, 9.17) is 5.11 Å². The Morgan fingerprint density at radius 2 is 1.12 bits per heavy atom. The van der Waals surface area contributed by atoms with Crippen molar-refractivity contribution in [3.05, 3.63) is 24.3 Å². The van der Waals surface area contributed by atoms with E-state index in [1.165, 1.54) is 0 Å². The fraction of sp³-hybridized carbons (Fsp3) is 0.760. The molecule has 42 heavy (non-hydrogen) atoms. The largest absolute Gasteiger partial charge is 0.462 e. The van der Waals surface area contributed by atoms with Crippen LogP contribution in [0.5, 0.6) is 0 Å². The van der Waals surface area contributed by atoms with Crippen molar-refractivity contribution in [3.63, 3.8) is 0 Å². The minimum absolute atomic E-state index is 0.182. The summed E-state index contributed by atoms with van der Waals surface area (Å²) in [6, 6.07) is 0. The van der Waals surface area contributed by atoms with Crippen LogP contribution in [0.2, 0.25) is 0 Å². The van der Waals surface area contributed by atoms with E-state index in [2.05, 4.69) is 22.6 Å². The van der Waals surface area contributed by atoms with Gasteiger partial charge in [-0.3, -0.25) is 0 Å². The molecule has 0 saturated heterocycles. The van der Waals surface area contributed by atoms with Crippen molar-refractivity contribution in [2.75, 3.05) is 19.8 Å². The molecule has 0 aromatic rings. The first-order valence-corrected chi connectivity index (χ1v) is 12.4. The van der Waals surface area contributed by atoms with Crippen molar-refractivity contribution in [2.24, 2.45) is 5.92 Å². The maximum absolute atomic E-state index is 14.6. The van der Waals surface area contributed by atoms with E-state index in [1.807, 2.05) is 0 Å². The number of alkyl halides is 12. The zero-order valence-electron chi connectivity index (χ0n) is 22.7. The number of carbonyl (C=O) groups excluding carboxylic acids is 2. The van der Waals surface area contributed by atoms with E-state index >= 15 is 0 Å². The average molecular weight is 641 g/mol. The molecular formula is C25H32F12O5. The van der Waals surface area contributed by atoms with Gasteiger partial charge in [-0.15, -0.1) is 0 Å². The molecule has 0 aliphatic carbocycles. The molecule has 5 nitrogen and oxygen atoms in total. The molecule has 0 radical (unpaired) electrons. The van der Waals surface area contributed by atoms with Crippen LogP contribution in [0.1, 0.15) is 58.8 Å². The fourth-order valence-corrected chi connectivity index (χ4v) is 3.29. The molecule has 17 heteroatoms. The van der Waals surface area contributed by atoms with E-state index < -0.39 is 98.0 Å². The topological polar surface area (TPSA) is 72.8 Å². The summed E-state index contributed by atoms with van der Waals surface area (Å²) in [5, 5.41) is 8.80. The molecule has 0 saturated carbocycles. The molecule has 0 aromatic carbocycles. The van der Waals surface area contributed by atoms with Crippen LogP contribution >= 0.6 is 0 Å². The second-order valence-corrected chi connectivity index (χ2v) is 9.68. The van der Waals surface area contributed by atoms with E-state index in [0.29, 0.717) is 12.8 Å². The Morgan fingerprint density at radius 1 is 0.690 bits per heavy atom. The maximum Gasteiger partial charge on any atom is 0.384 e. The lowest BCUT2D eigenvalue weighted by atomic mass is 9.87. The van der Waals surface area contributed by atoms with E-state index in [1.54, 1.807) is 6.92 Å². The lowest BCUT2D eigenvalue weighted by Gasteiger charge is -2.42. The van der Waals surface area contributed by atoms with Gasteiger partial charge in [0.1, 0.15) is 0 Å². The van der Waals surface area contributed by atoms with Crippen LogP contribution in [0.4, 0.5) is 52.7 Å². The van der Waals surface area contributed by atoms with Crippen molar-refractivity contribution >= 4 is 11.9 Å². The Kier molecular flexibility index (Phi) is 14.0. The van der Waals surface area contributed by atoms with Crippen LogP contribution in [-0.2, 0) is 19.1 Å². The number of carbonyl (C=O) groups is 2. The van der Waals surface area contributed by atoms with Crippen LogP contribution in [0.15, 0.2) is 24.3 Å². The molecule has 0 aliphatic heterocycles. The second-order valence-electron chi connectivity index (χ2n) is 9.68. The summed E-state index contributed by atoms with van der Waals surface area (Å²) in [4.78, 5) is 23.1. The average Bonchev–Trinajstić information content (AvgIpc) is 2.88. The molecule has 0 aromatic heterocycles. The molecule has 0 amide bonds. The van der Waals surface area contributed by atoms with E-state index in [0.717, 1.165) is 6.92 Å². The minimum atomic E-state index is -7.76. The van der Waals surface area contributed by atoms with Crippen molar-refractivity contribution < 1.29 is 76.9 Å². The van der Waals surface area contributed by atoms with Gasteiger partial charge < -0.3 is 14.6 Å². The Bertz CT molecular complexity index is 950. The van der Waals surface area contributed by atoms with Crippen LogP contribution < -0.4 is 0 Å². The molecular weight excluding hydrogens is 608 g/mol. The van der Waals surface area contributed by atoms with Crippen LogP contribution in [0, 0.1) is 5.92 Å². The molecule has 246 valence electrons. The SMILES string of the molecule is C=C(C)C(=O)OCC(COC(=O)C(=C)CO)CC(F)(F)C(F)(F)C(F)(F)C(F)(F)C(F)(F)C(F)(F)CCCCCCC. The van der Waals surface area contributed by atoms with Gasteiger partial charge in [-0.1, -0.05) is 45.8 Å². The number of aliphatic hydroxyl groups is 1. The van der Waals surface area contributed by atoms with Crippen molar-refractivity contribution in [1.29, 1.82) is 0 Å². The van der Waals surface area contributed by atoms with Gasteiger partial charge in [-0.05, 0) is 13.3 Å². The number of halogens is 12. The van der Waals surface area contributed by atoms with Gasteiger partial charge in [0.25, 0.3) is 0 Å². The predicted octanol–water partition coefficient (Wildman–Crippen LogP) is 7.38. The maximum atomic E-state index is 14.6. The third kappa shape index (κ3) is 8.78. The number of unbranched alkanes of at least 4 members (excludes halogenated alkanes) is 4. The smallest absolute Gasteiger partial charge is 0.384 e. The Balaban J connectivity index is 6.21. The highest BCUT2D eigenvalue weighted by molar-refractivity contribution is 5.88. The lowest BCUT2D eigenvalue weighted by Crippen LogP contribution is -2.70. The van der Waals surface area contributed by atoms with Gasteiger partial charge in [-0.2, -0.15) is 52.7 Å². The molecule has 0 spiro atoms. The van der Waals surface area contributed by atoms with Crippen molar-refractivity contribution in [1.82, 2.24) is 0 Å². The quantitative estimate of drug-likeness (QED) is 0.0651. The Morgan fingerprint density at radius 3 is 1.55 bits per heavy atom. The third-order valence-electron chi connectivity index (χ3n) is 5.97. The highest BCUT2D eigenvalue weighted by Gasteiger charge is 2.89. The number of ether oxygens (including phenoxy) is 2. The van der Waals surface area contributed by atoms with Crippen molar-refractivity contribution in [3.8, 4) is 0 Å². The van der Waals surface area contributed by atoms with Gasteiger partial charge in [-0.25, -0.2) is 9.59 Å². The van der Waals surface area contributed by atoms with Crippen LogP contribution in [0.3, 0.4) is 0 Å². The zero-order valence-corrected chi connectivity index (χ0v) is 22.7. The summed E-state index contributed by atoms with van der Waals surface area (Å²) in [6.45, 7) is 4.93. The number of hydrogen-bond acceptors (Lipinski definition) is 5. The minimum Gasteiger partial charge on any atom is -0.462 e. The summed E-state index contributed by atoms with van der Waals surface area (Å²) in [5.74, 6) is -47.7. The summed E-state index contributed by atoms with van der Waals surface area (Å²) in [5.41, 5.74) is -1.08. The number of rotatable bonds is 20. The first kappa shape index (κ1) is 39.5. The third-order valence-corrected chi connectivity index (χ3v) is 5.97.